The third-order valence-corrected chi connectivity index (χ3v) is 10.6. The van der Waals surface area contributed by atoms with E-state index < -0.39 is 6.10 Å². The van der Waals surface area contributed by atoms with Crippen molar-refractivity contribution in [2.24, 2.45) is 0 Å². The molecular weight excluding hydrogens is 781 g/mol. The normalized spacial score (nSPS) is 12.9. The second-order valence-corrected chi connectivity index (χ2v) is 16.7. The van der Waals surface area contributed by atoms with Crippen LogP contribution >= 0.6 is 0 Å². The van der Waals surface area contributed by atoms with E-state index in [1.165, 1.54) is 64.2 Å². The summed E-state index contributed by atoms with van der Waals surface area (Å²) < 4.78 is 16.7. The molecular formula is C57H94O6. The zero-order valence-electron chi connectivity index (χ0n) is 40.8. The van der Waals surface area contributed by atoms with Crippen LogP contribution in [-0.4, -0.2) is 37.2 Å². The molecule has 0 N–H and O–H groups in total. The number of rotatable bonds is 45. The van der Waals surface area contributed by atoms with E-state index in [1.807, 2.05) is 0 Å². The quantitative estimate of drug-likeness (QED) is 0.0262. The highest BCUT2D eigenvalue weighted by atomic mass is 16.6. The zero-order valence-corrected chi connectivity index (χ0v) is 40.8. The Morgan fingerprint density at radius 3 is 1.03 bits per heavy atom. The van der Waals surface area contributed by atoms with Crippen molar-refractivity contribution in [2.45, 2.75) is 232 Å². The lowest BCUT2D eigenvalue weighted by Crippen LogP contribution is -2.30. The summed E-state index contributed by atoms with van der Waals surface area (Å²) >= 11 is 0. The Bertz CT molecular complexity index is 1280. The Balaban J connectivity index is 4.51. The van der Waals surface area contributed by atoms with E-state index in [1.54, 1.807) is 0 Å². The van der Waals surface area contributed by atoms with Crippen LogP contribution in [0.1, 0.15) is 226 Å². The topological polar surface area (TPSA) is 78.9 Å². The van der Waals surface area contributed by atoms with Gasteiger partial charge in [-0.15, -0.1) is 0 Å². The molecule has 0 heterocycles. The van der Waals surface area contributed by atoms with E-state index >= 15 is 0 Å². The molecule has 358 valence electrons. The molecule has 0 radical (unpaired) electrons. The van der Waals surface area contributed by atoms with Crippen LogP contribution in [0.25, 0.3) is 0 Å². The van der Waals surface area contributed by atoms with Crippen LogP contribution in [0.3, 0.4) is 0 Å². The van der Waals surface area contributed by atoms with Crippen molar-refractivity contribution in [3.8, 4) is 0 Å². The first-order valence-corrected chi connectivity index (χ1v) is 25.7. The fourth-order valence-electron chi connectivity index (χ4n) is 6.79. The smallest absolute Gasteiger partial charge is 0.306 e. The van der Waals surface area contributed by atoms with Crippen LogP contribution in [0.2, 0.25) is 0 Å². The minimum absolute atomic E-state index is 0.102. The van der Waals surface area contributed by atoms with E-state index in [2.05, 4.69) is 118 Å². The minimum atomic E-state index is -0.808. The van der Waals surface area contributed by atoms with Crippen molar-refractivity contribution in [3.05, 3.63) is 97.2 Å². The van der Waals surface area contributed by atoms with Gasteiger partial charge >= 0.3 is 17.9 Å². The van der Waals surface area contributed by atoms with Crippen LogP contribution < -0.4 is 0 Å². The van der Waals surface area contributed by atoms with Gasteiger partial charge in [-0.2, -0.15) is 0 Å². The molecule has 0 fully saturated rings. The molecule has 1 atom stereocenters. The summed E-state index contributed by atoms with van der Waals surface area (Å²) in [7, 11) is 0. The molecule has 0 aliphatic heterocycles. The van der Waals surface area contributed by atoms with Crippen molar-refractivity contribution in [1.82, 2.24) is 0 Å². The first kappa shape index (κ1) is 59.3. The average molecular weight is 875 g/mol. The number of ether oxygens (including phenoxy) is 3. The third kappa shape index (κ3) is 49.2. The Morgan fingerprint density at radius 1 is 0.333 bits per heavy atom. The van der Waals surface area contributed by atoms with Crippen molar-refractivity contribution < 1.29 is 28.6 Å². The molecule has 0 spiro atoms. The standard InChI is InChI=1S/C57H94O6/c1-4-7-10-13-16-19-22-25-27-28-30-32-35-38-41-44-47-50-56(59)62-53-54(52-61-55(58)49-46-43-40-37-34-31-24-21-18-15-12-9-6-3)63-57(60)51-48-45-42-39-36-33-29-26-23-20-17-14-11-8-5-2/h7-8,10-11,16-17,19-20,25-27,29-30,32,38,41,54H,4-6,9,12-15,18,21-24,28,31,33-37,39-40,42-53H2,1-3H3/b10-7-,11-8-,19-16-,20-17-,27-25-,29-26-,32-30-,41-38-/t54-/m0/s1. The first-order valence-electron chi connectivity index (χ1n) is 25.7. The molecule has 0 aromatic heterocycles. The van der Waals surface area contributed by atoms with Crippen LogP contribution in [0.4, 0.5) is 0 Å². The van der Waals surface area contributed by atoms with E-state index in [4.69, 9.17) is 14.2 Å². The maximum absolute atomic E-state index is 12.8. The number of carbonyl (C=O) groups excluding carboxylic acids is 3. The summed E-state index contributed by atoms with van der Waals surface area (Å²) in [6.45, 7) is 6.34. The fraction of sp³-hybridized carbons (Fsp3) is 0.667. The maximum atomic E-state index is 12.8. The van der Waals surface area contributed by atoms with Gasteiger partial charge in [0, 0.05) is 19.3 Å². The van der Waals surface area contributed by atoms with Crippen LogP contribution in [-0.2, 0) is 28.6 Å². The Hall–Kier alpha value is -3.67. The largest absolute Gasteiger partial charge is 0.462 e. The number of esters is 3. The fourth-order valence-corrected chi connectivity index (χ4v) is 6.79. The van der Waals surface area contributed by atoms with Crippen molar-refractivity contribution in [2.75, 3.05) is 13.2 Å². The van der Waals surface area contributed by atoms with E-state index in [0.29, 0.717) is 19.3 Å². The highest BCUT2D eigenvalue weighted by molar-refractivity contribution is 5.71. The molecule has 63 heavy (non-hydrogen) atoms. The van der Waals surface area contributed by atoms with E-state index in [0.717, 1.165) is 116 Å². The van der Waals surface area contributed by atoms with Crippen molar-refractivity contribution in [3.63, 3.8) is 0 Å². The van der Waals surface area contributed by atoms with Gasteiger partial charge in [0.1, 0.15) is 13.2 Å². The van der Waals surface area contributed by atoms with Gasteiger partial charge in [-0.25, -0.2) is 0 Å². The summed E-state index contributed by atoms with van der Waals surface area (Å²) in [6, 6.07) is 0. The molecule has 0 bridgehead atoms. The van der Waals surface area contributed by atoms with Gasteiger partial charge in [-0.3, -0.25) is 14.4 Å². The van der Waals surface area contributed by atoms with Gasteiger partial charge < -0.3 is 14.2 Å². The van der Waals surface area contributed by atoms with E-state index in [9.17, 15) is 14.4 Å². The lowest BCUT2D eigenvalue weighted by Gasteiger charge is -2.18. The number of hydrogen-bond acceptors (Lipinski definition) is 6. The molecule has 0 unspecified atom stereocenters. The van der Waals surface area contributed by atoms with Gasteiger partial charge in [0.2, 0.25) is 0 Å². The molecule has 0 aliphatic rings. The molecule has 0 aliphatic carbocycles. The van der Waals surface area contributed by atoms with Crippen molar-refractivity contribution in [1.29, 1.82) is 0 Å². The lowest BCUT2D eigenvalue weighted by atomic mass is 10.0. The monoisotopic (exact) mass is 875 g/mol. The third-order valence-electron chi connectivity index (χ3n) is 10.6. The predicted molar refractivity (Wildman–Crippen MR) is 270 cm³/mol. The number of allylic oxidation sites excluding steroid dienone is 16. The maximum Gasteiger partial charge on any atom is 0.306 e. The average Bonchev–Trinajstić information content (AvgIpc) is 3.28. The molecule has 0 saturated carbocycles. The second-order valence-electron chi connectivity index (χ2n) is 16.7. The van der Waals surface area contributed by atoms with E-state index in [-0.39, 0.29) is 37.5 Å². The molecule has 0 saturated heterocycles. The summed E-state index contributed by atoms with van der Waals surface area (Å²) in [6.07, 6.45) is 66.8. The Morgan fingerprint density at radius 2 is 0.635 bits per heavy atom. The minimum Gasteiger partial charge on any atom is -0.462 e. The van der Waals surface area contributed by atoms with Gasteiger partial charge in [0.05, 0.1) is 0 Å². The van der Waals surface area contributed by atoms with Crippen LogP contribution in [0.5, 0.6) is 0 Å². The SMILES string of the molecule is CC/C=C\C/C=C\C/C=C\C/C=C\C/C=C\CCCC(=O)OC[C@H](COC(=O)CCCCCCCCCCCCCCC)OC(=O)CCCCCCC/C=C\C/C=C\C/C=C\CC. The van der Waals surface area contributed by atoms with Gasteiger partial charge in [-0.05, 0) is 89.9 Å². The zero-order chi connectivity index (χ0) is 45.8. The number of hydrogen-bond donors (Lipinski definition) is 0. The van der Waals surface area contributed by atoms with Crippen molar-refractivity contribution >= 4 is 17.9 Å². The first-order chi connectivity index (χ1) is 31.0. The lowest BCUT2D eigenvalue weighted by molar-refractivity contribution is -0.167. The summed E-state index contributed by atoms with van der Waals surface area (Å²) in [5.41, 5.74) is 0. The second kappa shape index (κ2) is 51.0. The highest BCUT2D eigenvalue weighted by Gasteiger charge is 2.19. The van der Waals surface area contributed by atoms with Crippen LogP contribution in [0, 0.1) is 0 Å². The summed E-state index contributed by atoms with van der Waals surface area (Å²) in [5.74, 6) is -0.982. The Labute approximate surface area is 387 Å². The van der Waals surface area contributed by atoms with Gasteiger partial charge in [0.25, 0.3) is 0 Å². The molecule has 6 heteroatoms. The molecule has 0 aromatic carbocycles. The van der Waals surface area contributed by atoms with Gasteiger partial charge in [-0.1, -0.05) is 214 Å². The summed E-state index contributed by atoms with van der Waals surface area (Å²) in [5, 5.41) is 0. The molecule has 0 rings (SSSR count). The Kier molecular flexibility index (Phi) is 48.0. The van der Waals surface area contributed by atoms with Crippen LogP contribution in [0.15, 0.2) is 97.2 Å². The summed E-state index contributed by atoms with van der Waals surface area (Å²) in [4.78, 5) is 38.0. The number of unbranched alkanes of at least 4 members (excludes halogenated alkanes) is 18. The number of carbonyl (C=O) groups is 3. The predicted octanol–water partition coefficient (Wildman–Crippen LogP) is 17.0. The molecule has 0 amide bonds. The highest BCUT2D eigenvalue weighted by Crippen LogP contribution is 2.14. The van der Waals surface area contributed by atoms with Gasteiger partial charge in [0.15, 0.2) is 6.10 Å². The molecule has 6 nitrogen and oxygen atoms in total. The molecule has 0 aromatic rings.